The molecule has 0 saturated heterocycles. The van der Waals surface area contributed by atoms with Crippen molar-refractivity contribution in [3.05, 3.63) is 53.5 Å². The van der Waals surface area contributed by atoms with Crippen molar-refractivity contribution < 1.29 is 4.79 Å². The van der Waals surface area contributed by atoms with Crippen molar-refractivity contribution >= 4 is 25.7 Å². The molecule has 1 nitrogen and oxygen atoms in total. The van der Waals surface area contributed by atoms with Gasteiger partial charge in [-0.15, -0.1) is 0 Å². The van der Waals surface area contributed by atoms with Crippen LogP contribution < -0.4 is 4.46 Å². The molecule has 1 rings (SSSR count). The van der Waals surface area contributed by atoms with Crippen LogP contribution in [0.15, 0.2) is 53.5 Å². The Labute approximate surface area is 84.3 Å². The summed E-state index contributed by atoms with van der Waals surface area (Å²) in [5.74, 6) is 0. The molecule has 0 fully saturated rings. The van der Waals surface area contributed by atoms with E-state index in [-0.39, 0.29) is 15.0 Å². The van der Waals surface area contributed by atoms with Gasteiger partial charge in [-0.3, -0.25) is 0 Å². The Morgan fingerprint density at radius 3 is 2.54 bits per heavy atom. The third-order valence-corrected chi connectivity index (χ3v) is 3.61. The molecule has 0 aromatic heterocycles. The Morgan fingerprint density at radius 2 is 2.00 bits per heavy atom. The van der Waals surface area contributed by atoms with E-state index < -0.39 is 0 Å². The minimum absolute atomic E-state index is 0.198. The average Bonchev–Trinajstić information content (AvgIpc) is 2.19. The number of benzene rings is 1. The van der Waals surface area contributed by atoms with E-state index in [1.807, 2.05) is 18.2 Å². The molecule has 2 heteroatoms. The van der Waals surface area contributed by atoms with Gasteiger partial charge < -0.3 is 0 Å². The molecule has 0 unspecified atom stereocenters. The fourth-order valence-corrected chi connectivity index (χ4v) is 2.46. The predicted molar refractivity (Wildman–Crippen MR) is 56.2 cm³/mol. The first-order chi connectivity index (χ1) is 6.36. The molecule has 0 radical (unpaired) electrons. The number of aldehydes is 1. The van der Waals surface area contributed by atoms with Gasteiger partial charge in [-0.25, -0.2) is 0 Å². The molecule has 1 aromatic rings. The van der Waals surface area contributed by atoms with E-state index in [9.17, 15) is 4.79 Å². The monoisotopic (exact) mass is 238 g/mol. The molecule has 0 spiro atoms. The van der Waals surface area contributed by atoms with Gasteiger partial charge in [-0.05, 0) is 0 Å². The molecule has 13 heavy (non-hydrogen) atoms. The van der Waals surface area contributed by atoms with Gasteiger partial charge in [0.1, 0.15) is 0 Å². The van der Waals surface area contributed by atoms with Gasteiger partial charge in [-0.1, -0.05) is 0 Å². The second kappa shape index (κ2) is 5.52. The Bertz CT molecular complexity index is 314. The summed E-state index contributed by atoms with van der Waals surface area (Å²) >= 11 is 0.198. The first-order valence-electron chi connectivity index (χ1n) is 3.87. The second-order valence-electron chi connectivity index (χ2n) is 2.32. The SMILES string of the molecule is C=CC(=CC=O)[Se]c1ccccc1. The fraction of sp³-hybridized carbons (Fsp3) is 0. The first-order valence-corrected chi connectivity index (χ1v) is 5.59. The summed E-state index contributed by atoms with van der Waals surface area (Å²) in [5, 5.41) is 0. The third kappa shape index (κ3) is 3.41. The zero-order chi connectivity index (χ0) is 9.52. The van der Waals surface area contributed by atoms with Gasteiger partial charge in [0.2, 0.25) is 0 Å². The van der Waals surface area contributed by atoms with Crippen LogP contribution in [0.2, 0.25) is 0 Å². The van der Waals surface area contributed by atoms with Crippen molar-refractivity contribution in [1.29, 1.82) is 0 Å². The number of hydrogen-bond donors (Lipinski definition) is 0. The van der Waals surface area contributed by atoms with Crippen LogP contribution in [0.3, 0.4) is 0 Å². The van der Waals surface area contributed by atoms with Crippen LogP contribution in [-0.4, -0.2) is 21.2 Å². The van der Waals surface area contributed by atoms with Gasteiger partial charge in [0.15, 0.2) is 0 Å². The zero-order valence-corrected chi connectivity index (χ0v) is 8.86. The summed E-state index contributed by atoms with van der Waals surface area (Å²) in [5.41, 5.74) is 0. The van der Waals surface area contributed by atoms with Crippen LogP contribution in [0, 0.1) is 0 Å². The van der Waals surface area contributed by atoms with E-state index in [4.69, 9.17) is 0 Å². The van der Waals surface area contributed by atoms with Gasteiger partial charge in [-0.2, -0.15) is 0 Å². The fourth-order valence-electron chi connectivity index (χ4n) is 0.835. The standard InChI is InChI=1S/C11H10OSe/c1-2-10(8-9-12)13-11-6-4-3-5-7-11/h2-9H,1H2. The van der Waals surface area contributed by atoms with Gasteiger partial charge >= 0.3 is 84.0 Å². The van der Waals surface area contributed by atoms with Crippen LogP contribution in [0.4, 0.5) is 0 Å². The van der Waals surface area contributed by atoms with Crippen LogP contribution in [0.1, 0.15) is 0 Å². The number of carbonyl (C=O) groups excluding carboxylic acids is 1. The molecule has 66 valence electrons. The van der Waals surface area contributed by atoms with Crippen LogP contribution in [0.25, 0.3) is 0 Å². The quantitative estimate of drug-likeness (QED) is 0.334. The zero-order valence-electron chi connectivity index (χ0n) is 7.14. The van der Waals surface area contributed by atoms with E-state index in [0.29, 0.717) is 0 Å². The normalized spacial score (nSPS) is 10.9. The minimum atomic E-state index is 0.198. The molecule has 0 atom stereocenters. The molecule has 0 aliphatic carbocycles. The van der Waals surface area contributed by atoms with Gasteiger partial charge in [0.25, 0.3) is 0 Å². The Kier molecular flexibility index (Phi) is 4.24. The maximum absolute atomic E-state index is 10.3. The Morgan fingerprint density at radius 1 is 1.31 bits per heavy atom. The van der Waals surface area contributed by atoms with E-state index in [2.05, 4.69) is 18.7 Å². The molecule has 0 aliphatic rings. The molecule has 0 amide bonds. The van der Waals surface area contributed by atoms with Crippen LogP contribution in [-0.2, 0) is 4.79 Å². The van der Waals surface area contributed by atoms with E-state index in [0.717, 1.165) is 10.8 Å². The average molecular weight is 237 g/mol. The van der Waals surface area contributed by atoms with Gasteiger partial charge in [0, 0.05) is 0 Å². The summed E-state index contributed by atoms with van der Waals surface area (Å²) in [6.07, 6.45) is 4.11. The van der Waals surface area contributed by atoms with Crippen LogP contribution >= 0.6 is 0 Å². The Balaban J connectivity index is 2.73. The van der Waals surface area contributed by atoms with Crippen molar-refractivity contribution in [2.24, 2.45) is 0 Å². The maximum atomic E-state index is 10.3. The van der Waals surface area contributed by atoms with E-state index >= 15 is 0 Å². The number of carbonyl (C=O) groups is 1. The van der Waals surface area contributed by atoms with Crippen molar-refractivity contribution in [1.82, 2.24) is 0 Å². The summed E-state index contributed by atoms with van der Waals surface area (Å²) in [6, 6.07) is 10.1. The molecular formula is C11H10OSe. The molecule has 0 aliphatic heterocycles. The first kappa shape index (κ1) is 9.97. The molecule has 0 N–H and O–H groups in total. The third-order valence-electron chi connectivity index (χ3n) is 1.41. The predicted octanol–water partition coefficient (Wildman–Crippen LogP) is 1.28. The van der Waals surface area contributed by atoms with E-state index in [1.165, 1.54) is 4.46 Å². The molecule has 0 bridgehead atoms. The number of rotatable bonds is 4. The van der Waals surface area contributed by atoms with Gasteiger partial charge in [0.05, 0.1) is 0 Å². The van der Waals surface area contributed by atoms with Crippen molar-refractivity contribution in [2.45, 2.75) is 0 Å². The summed E-state index contributed by atoms with van der Waals surface area (Å²) in [7, 11) is 0. The summed E-state index contributed by atoms with van der Waals surface area (Å²) in [6.45, 7) is 3.66. The van der Waals surface area contributed by atoms with Crippen molar-refractivity contribution in [2.75, 3.05) is 0 Å². The summed E-state index contributed by atoms with van der Waals surface area (Å²) in [4.78, 5) is 10.3. The number of hydrogen-bond acceptors (Lipinski definition) is 1. The molecule has 0 saturated carbocycles. The topological polar surface area (TPSA) is 17.1 Å². The van der Waals surface area contributed by atoms with E-state index in [1.54, 1.807) is 12.2 Å². The second-order valence-corrected chi connectivity index (χ2v) is 4.73. The van der Waals surface area contributed by atoms with Crippen molar-refractivity contribution in [3.8, 4) is 0 Å². The summed E-state index contributed by atoms with van der Waals surface area (Å²) < 4.78 is 2.26. The number of allylic oxidation sites excluding steroid dienone is 3. The molecule has 0 heterocycles. The van der Waals surface area contributed by atoms with Crippen LogP contribution in [0.5, 0.6) is 0 Å². The molecular weight excluding hydrogens is 227 g/mol. The molecule has 1 aromatic carbocycles. The Hall–Kier alpha value is -1.11. The van der Waals surface area contributed by atoms with Crippen molar-refractivity contribution in [3.63, 3.8) is 0 Å².